The summed E-state index contributed by atoms with van der Waals surface area (Å²) in [5.41, 5.74) is 5.28. The topological polar surface area (TPSA) is 62.0 Å². The molecule has 1 aromatic carbocycles. The predicted molar refractivity (Wildman–Crippen MR) is 97.5 cm³/mol. The molecule has 3 rings (SSSR count). The lowest BCUT2D eigenvalue weighted by molar-refractivity contribution is -0.121. The average Bonchev–Trinajstić information content (AvgIpc) is 3.04. The number of rotatable bonds is 5. The summed E-state index contributed by atoms with van der Waals surface area (Å²) < 4.78 is 2.00. The lowest BCUT2D eigenvalue weighted by Gasteiger charge is -2.06. The third-order valence-electron chi connectivity index (χ3n) is 3.36. The van der Waals surface area contributed by atoms with Crippen LogP contribution in [0.15, 0.2) is 41.6 Å². The number of fused-ring (bicyclic) bond motifs is 1. The number of carbonyl (C=O) groups excluding carboxylic acids is 1. The van der Waals surface area contributed by atoms with E-state index in [-0.39, 0.29) is 5.91 Å². The molecule has 0 aliphatic carbocycles. The zero-order valence-electron chi connectivity index (χ0n) is 13.9. The van der Waals surface area contributed by atoms with Crippen molar-refractivity contribution < 1.29 is 4.79 Å². The molecule has 124 valence electrons. The predicted octanol–water partition coefficient (Wildman–Crippen LogP) is 2.38. The minimum Gasteiger partial charge on any atom is -0.301 e. The highest BCUT2D eigenvalue weighted by Crippen LogP contribution is 2.27. The van der Waals surface area contributed by atoms with Gasteiger partial charge in [0.2, 0.25) is 0 Å². The fraction of sp³-hybridized carbons (Fsp3) is 0.235. The van der Waals surface area contributed by atoms with Gasteiger partial charge in [0.05, 0.1) is 24.1 Å². The lowest BCUT2D eigenvalue weighted by Crippen LogP contribution is -2.30. The molecule has 1 N–H and O–H groups in total. The molecule has 0 bridgehead atoms. The number of amides is 1. The van der Waals surface area contributed by atoms with E-state index in [9.17, 15) is 4.79 Å². The Morgan fingerprint density at radius 3 is 2.83 bits per heavy atom. The minimum atomic E-state index is -0.153. The van der Waals surface area contributed by atoms with E-state index in [1.165, 1.54) is 4.88 Å². The van der Waals surface area contributed by atoms with Crippen molar-refractivity contribution in [3.63, 3.8) is 0 Å². The number of likely N-dealkylation sites (N-methyl/N-ethyl adjacent to an activating group) is 1. The highest BCUT2D eigenvalue weighted by molar-refractivity contribution is 7.17. The van der Waals surface area contributed by atoms with Crippen molar-refractivity contribution in [1.82, 2.24) is 19.7 Å². The molecule has 7 heteroatoms. The Morgan fingerprint density at radius 2 is 2.12 bits per heavy atom. The van der Waals surface area contributed by atoms with Crippen molar-refractivity contribution in [1.29, 1.82) is 0 Å². The van der Waals surface area contributed by atoms with Crippen molar-refractivity contribution in [2.75, 3.05) is 20.6 Å². The second-order valence-electron chi connectivity index (χ2n) is 5.74. The van der Waals surface area contributed by atoms with E-state index in [1.54, 1.807) is 22.5 Å². The molecule has 0 saturated carbocycles. The van der Waals surface area contributed by atoms with E-state index in [4.69, 9.17) is 4.98 Å². The maximum atomic E-state index is 11.7. The fourth-order valence-corrected chi connectivity index (χ4v) is 3.23. The molecule has 3 aromatic rings. The first-order chi connectivity index (χ1) is 11.5. The van der Waals surface area contributed by atoms with Crippen LogP contribution in [-0.4, -0.2) is 47.0 Å². The van der Waals surface area contributed by atoms with Gasteiger partial charge in [-0.1, -0.05) is 30.3 Å². The zero-order chi connectivity index (χ0) is 17.1. The Bertz CT molecular complexity index is 879. The van der Waals surface area contributed by atoms with Crippen molar-refractivity contribution in [3.05, 3.63) is 47.1 Å². The van der Waals surface area contributed by atoms with Crippen LogP contribution in [0.3, 0.4) is 0 Å². The second kappa shape index (κ2) is 6.94. The largest absolute Gasteiger partial charge is 0.301 e. The number of thiazole rings is 1. The molecule has 2 aromatic heterocycles. The van der Waals surface area contributed by atoms with E-state index in [1.807, 2.05) is 61.9 Å². The Labute approximate surface area is 144 Å². The van der Waals surface area contributed by atoms with Gasteiger partial charge in [-0.15, -0.1) is 11.3 Å². The van der Waals surface area contributed by atoms with E-state index < -0.39 is 0 Å². The number of aromatic nitrogens is 2. The molecule has 0 fully saturated rings. The summed E-state index contributed by atoms with van der Waals surface area (Å²) in [6, 6.07) is 9.96. The molecular weight excluding hydrogens is 322 g/mol. The van der Waals surface area contributed by atoms with Gasteiger partial charge >= 0.3 is 0 Å². The van der Waals surface area contributed by atoms with Crippen LogP contribution < -0.4 is 5.43 Å². The van der Waals surface area contributed by atoms with Crippen LogP contribution in [-0.2, 0) is 4.79 Å². The molecule has 0 saturated heterocycles. The molecular formula is C17H19N5OS. The first-order valence-electron chi connectivity index (χ1n) is 7.55. The van der Waals surface area contributed by atoms with Gasteiger partial charge in [-0.3, -0.25) is 9.20 Å². The monoisotopic (exact) mass is 341 g/mol. The number of hydrogen-bond donors (Lipinski definition) is 1. The van der Waals surface area contributed by atoms with Crippen LogP contribution in [0, 0.1) is 6.92 Å². The second-order valence-corrected chi connectivity index (χ2v) is 6.95. The van der Waals surface area contributed by atoms with Crippen LogP contribution in [0.25, 0.3) is 16.2 Å². The Kier molecular flexibility index (Phi) is 4.73. The van der Waals surface area contributed by atoms with Crippen LogP contribution in [0.4, 0.5) is 0 Å². The molecule has 0 aliphatic heterocycles. The summed E-state index contributed by atoms with van der Waals surface area (Å²) in [7, 11) is 3.68. The molecule has 0 radical (unpaired) electrons. The van der Waals surface area contributed by atoms with Crippen LogP contribution in [0.2, 0.25) is 0 Å². The number of aryl methyl sites for hydroxylation is 1. The third-order valence-corrected chi connectivity index (χ3v) is 4.26. The highest BCUT2D eigenvalue weighted by atomic mass is 32.1. The summed E-state index contributed by atoms with van der Waals surface area (Å²) in [4.78, 5) is 20.3. The number of nitrogens with zero attached hydrogens (tertiary/aromatic N) is 4. The summed E-state index contributed by atoms with van der Waals surface area (Å²) in [6.07, 6.45) is 3.69. The standard InChI is InChI=1S/C17H19N5OS/c1-12-10-22-14(9-18-20-15(23)11-21(2)3)16(19-17(22)24-12)13-7-5-4-6-8-13/h4-10H,11H2,1-3H3,(H,20,23)/b18-9+. The number of hydrogen-bond acceptors (Lipinski definition) is 5. The number of carbonyl (C=O) groups is 1. The summed E-state index contributed by atoms with van der Waals surface area (Å²) in [6.45, 7) is 2.34. The first-order valence-corrected chi connectivity index (χ1v) is 8.37. The molecule has 2 heterocycles. The van der Waals surface area contributed by atoms with E-state index in [0.29, 0.717) is 6.54 Å². The van der Waals surface area contributed by atoms with Gasteiger partial charge in [-0.2, -0.15) is 5.10 Å². The van der Waals surface area contributed by atoms with E-state index in [2.05, 4.69) is 10.5 Å². The Balaban J connectivity index is 1.94. The number of hydrazone groups is 1. The molecule has 0 spiro atoms. The van der Waals surface area contributed by atoms with Gasteiger partial charge in [0.15, 0.2) is 4.96 Å². The maximum absolute atomic E-state index is 11.7. The van der Waals surface area contributed by atoms with Crippen LogP contribution in [0.5, 0.6) is 0 Å². The number of imidazole rings is 1. The molecule has 0 atom stereocenters. The van der Waals surface area contributed by atoms with Gasteiger partial charge in [0.1, 0.15) is 0 Å². The maximum Gasteiger partial charge on any atom is 0.254 e. The van der Waals surface area contributed by atoms with Gasteiger partial charge in [-0.05, 0) is 21.0 Å². The molecule has 0 aliphatic rings. The summed E-state index contributed by atoms with van der Waals surface area (Å²) in [5, 5.41) is 4.10. The number of nitrogens with one attached hydrogen (secondary N) is 1. The van der Waals surface area contributed by atoms with Crippen LogP contribution in [0.1, 0.15) is 10.6 Å². The average molecular weight is 341 g/mol. The lowest BCUT2D eigenvalue weighted by atomic mass is 10.1. The van der Waals surface area contributed by atoms with Crippen LogP contribution >= 0.6 is 11.3 Å². The SMILES string of the molecule is Cc1cn2c(/C=N/NC(=O)CN(C)C)c(-c3ccccc3)nc2s1. The molecule has 24 heavy (non-hydrogen) atoms. The Morgan fingerprint density at radius 1 is 1.38 bits per heavy atom. The summed E-state index contributed by atoms with van der Waals surface area (Å²) in [5.74, 6) is -0.153. The number of benzene rings is 1. The van der Waals surface area contributed by atoms with E-state index >= 15 is 0 Å². The van der Waals surface area contributed by atoms with Crippen molar-refractivity contribution in [2.45, 2.75) is 6.92 Å². The molecule has 1 amide bonds. The minimum absolute atomic E-state index is 0.153. The van der Waals surface area contributed by atoms with Gasteiger partial charge < -0.3 is 4.90 Å². The highest BCUT2D eigenvalue weighted by Gasteiger charge is 2.14. The van der Waals surface area contributed by atoms with Gasteiger partial charge in [0.25, 0.3) is 5.91 Å². The van der Waals surface area contributed by atoms with Gasteiger partial charge in [0, 0.05) is 16.6 Å². The fourth-order valence-electron chi connectivity index (χ4n) is 2.39. The Hall–Kier alpha value is -2.51. The van der Waals surface area contributed by atoms with Gasteiger partial charge in [-0.25, -0.2) is 10.4 Å². The molecule has 6 nitrogen and oxygen atoms in total. The van der Waals surface area contributed by atoms with Crippen molar-refractivity contribution in [3.8, 4) is 11.3 Å². The first kappa shape index (κ1) is 16.4. The van der Waals surface area contributed by atoms with Crippen molar-refractivity contribution >= 4 is 28.4 Å². The normalized spacial score (nSPS) is 11.7. The quantitative estimate of drug-likeness (QED) is 0.572. The van der Waals surface area contributed by atoms with Crippen molar-refractivity contribution in [2.24, 2.45) is 5.10 Å². The van der Waals surface area contributed by atoms with E-state index in [0.717, 1.165) is 21.9 Å². The third kappa shape index (κ3) is 3.52. The molecule has 0 unspecified atom stereocenters. The zero-order valence-corrected chi connectivity index (χ0v) is 14.7. The summed E-state index contributed by atoms with van der Waals surface area (Å²) >= 11 is 1.63. The smallest absolute Gasteiger partial charge is 0.254 e.